The number of likely N-dealkylation sites (tertiary alicyclic amines) is 1. The third-order valence-corrected chi connectivity index (χ3v) is 4.49. The van der Waals surface area contributed by atoms with E-state index in [0.29, 0.717) is 0 Å². The number of halogens is 1. The highest BCUT2D eigenvalue weighted by molar-refractivity contribution is 5.85. The van der Waals surface area contributed by atoms with E-state index < -0.39 is 0 Å². The van der Waals surface area contributed by atoms with Crippen molar-refractivity contribution in [2.75, 3.05) is 13.1 Å². The number of hydrogen-bond acceptors (Lipinski definition) is 2. The van der Waals surface area contributed by atoms with Crippen LogP contribution >= 0.6 is 12.4 Å². The van der Waals surface area contributed by atoms with Crippen LogP contribution in [0.3, 0.4) is 0 Å². The van der Waals surface area contributed by atoms with Crippen molar-refractivity contribution in [1.82, 2.24) is 4.90 Å². The second-order valence-corrected chi connectivity index (χ2v) is 6.89. The number of fused-ring (bicyclic) bond motifs is 1. The van der Waals surface area contributed by atoms with Crippen LogP contribution in [0.1, 0.15) is 46.5 Å². The van der Waals surface area contributed by atoms with Gasteiger partial charge in [0, 0.05) is 13.1 Å². The number of carbonyl (C=O) groups excluding carboxylic acids is 1. The van der Waals surface area contributed by atoms with Crippen LogP contribution in [0.2, 0.25) is 0 Å². The number of rotatable bonds is 1. The van der Waals surface area contributed by atoms with Gasteiger partial charge in [0.05, 0.1) is 6.04 Å². The summed E-state index contributed by atoms with van der Waals surface area (Å²) in [7, 11) is 0. The molecular weight excluding hydrogens is 248 g/mol. The van der Waals surface area contributed by atoms with Crippen LogP contribution in [-0.2, 0) is 4.79 Å². The highest BCUT2D eigenvalue weighted by Crippen LogP contribution is 2.36. The molecule has 1 saturated heterocycles. The van der Waals surface area contributed by atoms with E-state index in [4.69, 9.17) is 5.73 Å². The molecule has 1 aliphatic heterocycles. The molecule has 106 valence electrons. The summed E-state index contributed by atoms with van der Waals surface area (Å²) in [5, 5.41) is 0. The van der Waals surface area contributed by atoms with E-state index in [9.17, 15) is 4.79 Å². The molecule has 4 heteroatoms. The molecule has 1 saturated carbocycles. The zero-order valence-corrected chi connectivity index (χ0v) is 12.6. The van der Waals surface area contributed by atoms with Crippen LogP contribution in [0.15, 0.2) is 0 Å². The lowest BCUT2D eigenvalue weighted by atomic mass is 9.82. The first kappa shape index (κ1) is 15.8. The average Bonchev–Trinajstić information content (AvgIpc) is 2.69. The molecule has 0 aromatic heterocycles. The minimum Gasteiger partial charge on any atom is -0.341 e. The molecule has 1 amide bonds. The maximum Gasteiger partial charge on any atom is 0.240 e. The zero-order chi connectivity index (χ0) is 12.6. The molecule has 0 aromatic rings. The normalized spacial score (nSPS) is 29.4. The number of hydrogen-bond donors (Lipinski definition) is 1. The Morgan fingerprint density at radius 3 is 2.00 bits per heavy atom. The molecule has 0 aromatic carbocycles. The first-order valence-corrected chi connectivity index (χ1v) is 6.94. The van der Waals surface area contributed by atoms with Gasteiger partial charge in [-0.3, -0.25) is 4.79 Å². The van der Waals surface area contributed by atoms with Gasteiger partial charge in [-0.15, -0.1) is 12.4 Å². The van der Waals surface area contributed by atoms with Gasteiger partial charge in [-0.1, -0.05) is 33.6 Å². The Bertz CT molecular complexity index is 287. The van der Waals surface area contributed by atoms with Gasteiger partial charge < -0.3 is 10.6 Å². The number of nitrogens with zero attached hydrogens (tertiary/aromatic N) is 1. The Balaban J connectivity index is 0.00000162. The summed E-state index contributed by atoms with van der Waals surface area (Å²) in [6.07, 6.45) is 5.29. The SMILES string of the molecule is CC(C)(C)[C@H](N)C(=O)N1CC2CCCCC2C1.Cl. The second kappa shape index (κ2) is 5.79. The lowest BCUT2D eigenvalue weighted by Crippen LogP contribution is -2.49. The first-order valence-electron chi connectivity index (χ1n) is 6.94. The van der Waals surface area contributed by atoms with Gasteiger partial charge >= 0.3 is 0 Å². The minimum atomic E-state index is -0.359. The maximum absolute atomic E-state index is 12.3. The summed E-state index contributed by atoms with van der Waals surface area (Å²) >= 11 is 0. The molecule has 0 radical (unpaired) electrons. The van der Waals surface area contributed by atoms with Crippen molar-refractivity contribution in [3.63, 3.8) is 0 Å². The Labute approximate surface area is 117 Å². The van der Waals surface area contributed by atoms with Crippen molar-refractivity contribution in [2.24, 2.45) is 23.0 Å². The third kappa shape index (κ3) is 3.18. The molecule has 18 heavy (non-hydrogen) atoms. The summed E-state index contributed by atoms with van der Waals surface area (Å²) in [5.41, 5.74) is 5.94. The predicted octanol–water partition coefficient (Wildman–Crippen LogP) is 2.43. The van der Waals surface area contributed by atoms with Gasteiger partial charge in [0.25, 0.3) is 0 Å². The molecule has 1 aliphatic carbocycles. The van der Waals surface area contributed by atoms with Crippen LogP contribution in [0, 0.1) is 17.3 Å². The van der Waals surface area contributed by atoms with Crippen molar-refractivity contribution in [3.8, 4) is 0 Å². The summed E-state index contributed by atoms with van der Waals surface area (Å²) in [4.78, 5) is 14.4. The van der Waals surface area contributed by atoms with Crippen LogP contribution in [0.5, 0.6) is 0 Å². The first-order chi connectivity index (χ1) is 7.89. The Hall–Kier alpha value is -0.280. The van der Waals surface area contributed by atoms with Gasteiger partial charge in [0.15, 0.2) is 0 Å². The highest BCUT2D eigenvalue weighted by Gasteiger charge is 2.39. The summed E-state index contributed by atoms with van der Waals surface area (Å²) < 4.78 is 0. The van der Waals surface area contributed by atoms with E-state index in [1.54, 1.807) is 0 Å². The highest BCUT2D eigenvalue weighted by atomic mass is 35.5. The molecule has 3 atom stereocenters. The monoisotopic (exact) mass is 274 g/mol. The van der Waals surface area contributed by atoms with E-state index in [-0.39, 0.29) is 29.8 Å². The maximum atomic E-state index is 12.3. The summed E-state index contributed by atoms with van der Waals surface area (Å²) in [6, 6.07) is -0.359. The molecule has 2 rings (SSSR count). The second-order valence-electron chi connectivity index (χ2n) is 6.89. The van der Waals surface area contributed by atoms with Crippen LogP contribution < -0.4 is 5.73 Å². The fourth-order valence-electron chi connectivity index (χ4n) is 3.15. The lowest BCUT2D eigenvalue weighted by molar-refractivity contribution is -0.134. The quantitative estimate of drug-likeness (QED) is 0.798. The molecule has 2 N–H and O–H groups in total. The zero-order valence-electron chi connectivity index (χ0n) is 11.8. The molecule has 2 aliphatic rings. The van der Waals surface area contributed by atoms with E-state index in [1.165, 1.54) is 25.7 Å². The van der Waals surface area contributed by atoms with Crippen LogP contribution in [0.25, 0.3) is 0 Å². The summed E-state index contributed by atoms with van der Waals surface area (Å²) in [5.74, 6) is 1.66. The van der Waals surface area contributed by atoms with Gasteiger partial charge in [-0.05, 0) is 30.1 Å². The van der Waals surface area contributed by atoms with Crippen molar-refractivity contribution in [2.45, 2.75) is 52.5 Å². The molecule has 2 fully saturated rings. The van der Waals surface area contributed by atoms with E-state index in [1.807, 2.05) is 25.7 Å². The van der Waals surface area contributed by atoms with Crippen LogP contribution in [0.4, 0.5) is 0 Å². The molecule has 0 bridgehead atoms. The van der Waals surface area contributed by atoms with E-state index in [2.05, 4.69) is 0 Å². The topological polar surface area (TPSA) is 46.3 Å². The van der Waals surface area contributed by atoms with E-state index >= 15 is 0 Å². The number of carbonyl (C=O) groups is 1. The van der Waals surface area contributed by atoms with Crippen molar-refractivity contribution >= 4 is 18.3 Å². The smallest absolute Gasteiger partial charge is 0.240 e. The summed E-state index contributed by atoms with van der Waals surface area (Å²) in [6.45, 7) is 8.02. The fraction of sp³-hybridized carbons (Fsp3) is 0.929. The lowest BCUT2D eigenvalue weighted by Gasteiger charge is -2.30. The minimum absolute atomic E-state index is 0. The number of amides is 1. The molecule has 2 unspecified atom stereocenters. The van der Waals surface area contributed by atoms with Gasteiger partial charge in [-0.25, -0.2) is 0 Å². The van der Waals surface area contributed by atoms with Gasteiger partial charge in [0.2, 0.25) is 5.91 Å². The van der Waals surface area contributed by atoms with Crippen LogP contribution in [-0.4, -0.2) is 29.9 Å². The third-order valence-electron chi connectivity index (χ3n) is 4.49. The number of nitrogens with two attached hydrogens (primary N) is 1. The molecule has 0 spiro atoms. The average molecular weight is 275 g/mol. The van der Waals surface area contributed by atoms with E-state index in [0.717, 1.165) is 24.9 Å². The molecular formula is C14H27ClN2O. The fourth-order valence-corrected chi connectivity index (χ4v) is 3.15. The van der Waals surface area contributed by atoms with Gasteiger partial charge in [-0.2, -0.15) is 0 Å². The Morgan fingerprint density at radius 1 is 1.17 bits per heavy atom. The molecule has 3 nitrogen and oxygen atoms in total. The Morgan fingerprint density at radius 2 is 1.61 bits per heavy atom. The van der Waals surface area contributed by atoms with Crippen molar-refractivity contribution in [3.05, 3.63) is 0 Å². The van der Waals surface area contributed by atoms with Crippen molar-refractivity contribution in [1.29, 1.82) is 0 Å². The van der Waals surface area contributed by atoms with Gasteiger partial charge in [0.1, 0.15) is 0 Å². The predicted molar refractivity (Wildman–Crippen MR) is 76.7 cm³/mol. The largest absolute Gasteiger partial charge is 0.341 e. The van der Waals surface area contributed by atoms with Crippen molar-refractivity contribution < 1.29 is 4.79 Å². The Kier molecular flexibility index (Phi) is 5.07. The molecule has 1 heterocycles. The standard InChI is InChI=1S/C14H26N2O.ClH/c1-14(2,3)12(15)13(17)16-8-10-6-4-5-7-11(10)9-16;/h10-12H,4-9,15H2,1-3H3;1H/t10?,11?,12-;/m1./s1.